The number of carbonyl (C=O) groups is 1. The van der Waals surface area contributed by atoms with Crippen LogP contribution in [-0.4, -0.2) is 17.4 Å². The van der Waals surface area contributed by atoms with Gasteiger partial charge in [-0.15, -0.1) is 0 Å². The van der Waals surface area contributed by atoms with Gasteiger partial charge in [0.2, 0.25) is 0 Å². The quantitative estimate of drug-likeness (QED) is 0.868. The zero-order valence-electron chi connectivity index (χ0n) is 10.5. The molecule has 1 aromatic heterocycles. The number of hydrogen-bond donors (Lipinski definition) is 1. The van der Waals surface area contributed by atoms with Crippen molar-refractivity contribution in [3.8, 4) is 0 Å². The second kappa shape index (κ2) is 5.17. The standard InChI is InChI=1S/C15H15ClN2O/c16-14-9-12(11-3-1-2-4-13(11)18-14)15(19)17-8-7-10-5-6-10/h1-4,9-10H,5-8H2,(H,17,19). The molecular weight excluding hydrogens is 260 g/mol. The van der Waals surface area contributed by atoms with E-state index in [1.165, 1.54) is 12.8 Å². The molecule has 1 fully saturated rings. The van der Waals surface area contributed by atoms with E-state index in [2.05, 4.69) is 10.3 Å². The summed E-state index contributed by atoms with van der Waals surface area (Å²) in [6.45, 7) is 0.734. The maximum absolute atomic E-state index is 12.2. The normalized spacial score (nSPS) is 14.6. The van der Waals surface area contributed by atoms with Gasteiger partial charge in [0, 0.05) is 11.9 Å². The lowest BCUT2D eigenvalue weighted by Crippen LogP contribution is -2.25. The van der Waals surface area contributed by atoms with Crippen LogP contribution >= 0.6 is 11.6 Å². The van der Waals surface area contributed by atoms with Gasteiger partial charge in [0.15, 0.2) is 0 Å². The molecule has 4 heteroatoms. The maximum atomic E-state index is 12.2. The van der Waals surface area contributed by atoms with Gasteiger partial charge in [-0.05, 0) is 24.5 Å². The summed E-state index contributed by atoms with van der Waals surface area (Å²) < 4.78 is 0. The summed E-state index contributed by atoms with van der Waals surface area (Å²) >= 11 is 5.97. The van der Waals surface area contributed by atoms with Crippen LogP contribution in [0.5, 0.6) is 0 Å². The molecule has 3 rings (SSSR count). The summed E-state index contributed by atoms with van der Waals surface area (Å²) in [6.07, 6.45) is 3.68. The van der Waals surface area contributed by atoms with Gasteiger partial charge in [-0.1, -0.05) is 42.6 Å². The van der Waals surface area contributed by atoms with E-state index in [4.69, 9.17) is 11.6 Å². The van der Waals surface area contributed by atoms with E-state index in [1.54, 1.807) is 6.07 Å². The molecule has 1 aromatic carbocycles. The number of pyridine rings is 1. The predicted octanol–water partition coefficient (Wildman–Crippen LogP) is 3.42. The fraction of sp³-hybridized carbons (Fsp3) is 0.333. The topological polar surface area (TPSA) is 42.0 Å². The van der Waals surface area contributed by atoms with Crippen molar-refractivity contribution < 1.29 is 4.79 Å². The number of nitrogens with one attached hydrogen (secondary N) is 1. The minimum Gasteiger partial charge on any atom is -0.352 e. The van der Waals surface area contributed by atoms with Crippen molar-refractivity contribution >= 4 is 28.4 Å². The Morgan fingerprint density at radius 1 is 1.37 bits per heavy atom. The van der Waals surface area contributed by atoms with Crippen LogP contribution in [0.1, 0.15) is 29.6 Å². The summed E-state index contributed by atoms with van der Waals surface area (Å²) in [5.74, 6) is 0.749. The third-order valence-corrected chi connectivity index (χ3v) is 3.66. The number of hydrogen-bond acceptors (Lipinski definition) is 2. The van der Waals surface area contributed by atoms with E-state index >= 15 is 0 Å². The van der Waals surface area contributed by atoms with Crippen LogP contribution in [0.3, 0.4) is 0 Å². The number of halogens is 1. The average Bonchev–Trinajstić information content (AvgIpc) is 3.21. The van der Waals surface area contributed by atoms with Crippen molar-refractivity contribution in [3.05, 3.63) is 41.0 Å². The zero-order valence-corrected chi connectivity index (χ0v) is 11.3. The highest BCUT2D eigenvalue weighted by molar-refractivity contribution is 6.30. The van der Waals surface area contributed by atoms with E-state index < -0.39 is 0 Å². The van der Waals surface area contributed by atoms with Crippen LogP contribution < -0.4 is 5.32 Å². The highest BCUT2D eigenvalue weighted by Gasteiger charge is 2.21. The molecule has 0 unspecified atom stereocenters. The molecule has 1 aliphatic rings. The van der Waals surface area contributed by atoms with Gasteiger partial charge < -0.3 is 5.32 Å². The van der Waals surface area contributed by atoms with Gasteiger partial charge in [0.25, 0.3) is 5.91 Å². The Kier molecular flexibility index (Phi) is 3.38. The largest absolute Gasteiger partial charge is 0.352 e. The van der Waals surface area contributed by atoms with Gasteiger partial charge in [-0.3, -0.25) is 4.79 Å². The number of carbonyl (C=O) groups excluding carboxylic acids is 1. The molecule has 1 aliphatic carbocycles. The molecule has 0 saturated heterocycles. The van der Waals surface area contributed by atoms with E-state index in [1.807, 2.05) is 24.3 Å². The van der Waals surface area contributed by atoms with Crippen LogP contribution in [0.2, 0.25) is 5.15 Å². The summed E-state index contributed by atoms with van der Waals surface area (Å²) in [6, 6.07) is 9.19. The molecule has 0 atom stereocenters. The average molecular weight is 275 g/mol. The van der Waals surface area contributed by atoms with Crippen molar-refractivity contribution in [2.24, 2.45) is 5.92 Å². The third-order valence-electron chi connectivity index (χ3n) is 3.46. The first kappa shape index (κ1) is 12.4. The van der Waals surface area contributed by atoms with Crippen LogP contribution in [0.15, 0.2) is 30.3 Å². The number of amides is 1. The van der Waals surface area contributed by atoms with Gasteiger partial charge in [0.05, 0.1) is 11.1 Å². The first-order valence-electron chi connectivity index (χ1n) is 6.57. The Morgan fingerprint density at radius 2 is 2.16 bits per heavy atom. The molecule has 3 nitrogen and oxygen atoms in total. The molecule has 1 saturated carbocycles. The van der Waals surface area contributed by atoms with Crippen LogP contribution in [-0.2, 0) is 0 Å². The molecule has 0 bridgehead atoms. The predicted molar refractivity (Wildman–Crippen MR) is 76.4 cm³/mol. The Labute approximate surface area is 117 Å². The lowest BCUT2D eigenvalue weighted by atomic mass is 10.1. The summed E-state index contributed by atoms with van der Waals surface area (Å²) in [5, 5.41) is 4.16. The minimum absolute atomic E-state index is 0.0684. The number of aromatic nitrogens is 1. The molecule has 2 aromatic rings. The van der Waals surface area contributed by atoms with Crippen molar-refractivity contribution in [1.29, 1.82) is 0 Å². The van der Waals surface area contributed by atoms with Gasteiger partial charge >= 0.3 is 0 Å². The highest BCUT2D eigenvalue weighted by Crippen LogP contribution is 2.31. The summed E-state index contributed by atoms with van der Waals surface area (Å²) in [4.78, 5) is 16.4. The number of benzene rings is 1. The van der Waals surface area contributed by atoms with E-state index in [-0.39, 0.29) is 5.91 Å². The summed E-state index contributed by atoms with van der Waals surface area (Å²) in [7, 11) is 0. The minimum atomic E-state index is -0.0684. The Balaban J connectivity index is 1.83. The Morgan fingerprint density at radius 3 is 2.95 bits per heavy atom. The van der Waals surface area contributed by atoms with Crippen molar-refractivity contribution in [3.63, 3.8) is 0 Å². The zero-order chi connectivity index (χ0) is 13.2. The Hall–Kier alpha value is -1.61. The van der Waals surface area contributed by atoms with Crippen molar-refractivity contribution in [2.45, 2.75) is 19.3 Å². The van der Waals surface area contributed by atoms with E-state index in [0.717, 1.165) is 29.8 Å². The molecule has 98 valence electrons. The van der Waals surface area contributed by atoms with Gasteiger partial charge in [0.1, 0.15) is 5.15 Å². The van der Waals surface area contributed by atoms with Crippen LogP contribution in [0.4, 0.5) is 0 Å². The van der Waals surface area contributed by atoms with Gasteiger partial charge in [-0.25, -0.2) is 4.98 Å². The molecule has 1 N–H and O–H groups in total. The Bertz CT molecular complexity index is 623. The second-order valence-corrected chi connectivity index (χ2v) is 5.38. The number of fused-ring (bicyclic) bond motifs is 1. The molecule has 1 heterocycles. The van der Waals surface area contributed by atoms with Crippen LogP contribution in [0, 0.1) is 5.92 Å². The lowest BCUT2D eigenvalue weighted by molar-refractivity contribution is 0.0954. The monoisotopic (exact) mass is 274 g/mol. The van der Waals surface area contributed by atoms with Gasteiger partial charge in [-0.2, -0.15) is 0 Å². The highest BCUT2D eigenvalue weighted by atomic mass is 35.5. The second-order valence-electron chi connectivity index (χ2n) is 5.00. The molecule has 19 heavy (non-hydrogen) atoms. The molecule has 1 amide bonds. The van der Waals surface area contributed by atoms with E-state index in [9.17, 15) is 4.79 Å². The number of nitrogens with zero attached hydrogens (tertiary/aromatic N) is 1. The number of para-hydroxylation sites is 1. The van der Waals surface area contributed by atoms with E-state index in [0.29, 0.717) is 10.7 Å². The lowest BCUT2D eigenvalue weighted by Gasteiger charge is -2.08. The SMILES string of the molecule is O=C(NCCC1CC1)c1cc(Cl)nc2ccccc12. The molecule has 0 spiro atoms. The van der Waals surface area contributed by atoms with Crippen LogP contribution in [0.25, 0.3) is 10.9 Å². The third kappa shape index (κ3) is 2.87. The smallest absolute Gasteiger partial charge is 0.252 e. The fourth-order valence-corrected chi connectivity index (χ4v) is 2.42. The molecule has 0 aliphatic heterocycles. The van der Waals surface area contributed by atoms with Crippen molar-refractivity contribution in [2.75, 3.05) is 6.54 Å². The summed E-state index contributed by atoms with van der Waals surface area (Å²) in [5.41, 5.74) is 1.36. The van der Waals surface area contributed by atoms with Crippen molar-refractivity contribution in [1.82, 2.24) is 10.3 Å². The first-order chi connectivity index (χ1) is 9.24. The fourth-order valence-electron chi connectivity index (χ4n) is 2.22. The molecular formula is C15H15ClN2O. The molecule has 0 radical (unpaired) electrons. The maximum Gasteiger partial charge on any atom is 0.252 e. The first-order valence-corrected chi connectivity index (χ1v) is 6.95. The number of rotatable bonds is 4.